The number of ether oxygens (including phenoxy) is 2. The largest absolute Gasteiger partial charge is 0.478 e. The van der Waals surface area contributed by atoms with Gasteiger partial charge in [0.2, 0.25) is 11.8 Å². The summed E-state index contributed by atoms with van der Waals surface area (Å²) in [7, 11) is -0.103. The average Bonchev–Trinajstić information content (AvgIpc) is 3.54. The van der Waals surface area contributed by atoms with Crippen molar-refractivity contribution >= 4 is 37.4 Å². The lowest BCUT2D eigenvalue weighted by Gasteiger charge is -2.27. The molecule has 49 heavy (non-hydrogen) atoms. The van der Waals surface area contributed by atoms with Crippen LogP contribution in [0.15, 0.2) is 36.8 Å². The second kappa shape index (κ2) is 14.5. The predicted molar refractivity (Wildman–Crippen MR) is 178 cm³/mol. The number of aromatic nitrogens is 3. The van der Waals surface area contributed by atoms with Gasteiger partial charge in [-0.1, -0.05) is 19.6 Å². The van der Waals surface area contributed by atoms with Crippen LogP contribution in [0.3, 0.4) is 0 Å². The molecule has 2 N–H and O–H groups in total. The van der Waals surface area contributed by atoms with Crippen LogP contribution in [0.5, 0.6) is 5.88 Å². The summed E-state index contributed by atoms with van der Waals surface area (Å²) in [6.07, 6.45) is -1.95. The molecule has 1 aromatic carbocycles. The summed E-state index contributed by atoms with van der Waals surface area (Å²) in [6, 6.07) is 3.46. The van der Waals surface area contributed by atoms with Crippen LogP contribution < -0.4 is 19.9 Å². The molecule has 1 unspecified atom stereocenters. The monoisotopic (exact) mass is 705 g/mol. The van der Waals surface area contributed by atoms with Gasteiger partial charge >= 0.3 is 12.3 Å². The molecule has 264 valence electrons. The number of hydrogen-bond acceptors (Lipinski definition) is 9. The minimum Gasteiger partial charge on any atom is -0.478 e. The summed E-state index contributed by atoms with van der Waals surface area (Å²) >= 11 is 0. The highest BCUT2D eigenvalue weighted by Gasteiger charge is 2.37. The number of carbonyl (C=O) groups is 2. The van der Waals surface area contributed by atoms with Crippen LogP contribution in [0.25, 0.3) is 11.1 Å². The standard InChI is InChI=1S/C32H39F4N7O5Si/c1-41(31(45)46)21-5-6-43(19-21)27-15-25(33)22(20-16-38-30(39-17-20)42-7-9-47-10-8-42)13-26(27)40-29(44)23-18-37-28(14-24(23)32(34,35)36)48-11-12-49(2,3)4/h13-18,21H,5-12,19H2,1-4H3,(H,40,44)(H,45,46). The minimum absolute atomic E-state index is 0.00583. The van der Waals surface area contributed by atoms with Gasteiger partial charge < -0.3 is 34.6 Å². The van der Waals surface area contributed by atoms with Crippen LogP contribution in [-0.4, -0.2) is 104 Å². The molecule has 17 heteroatoms. The molecule has 0 saturated carbocycles. The molecule has 5 rings (SSSR count). The maximum absolute atomic E-state index is 15.8. The van der Waals surface area contributed by atoms with E-state index in [2.05, 4.69) is 39.9 Å². The highest BCUT2D eigenvalue weighted by molar-refractivity contribution is 6.76. The summed E-state index contributed by atoms with van der Waals surface area (Å²) < 4.78 is 69.5. The molecule has 2 aliphatic heterocycles. The van der Waals surface area contributed by atoms with Gasteiger partial charge in [0.05, 0.1) is 48.4 Å². The van der Waals surface area contributed by atoms with Crippen molar-refractivity contribution in [2.24, 2.45) is 0 Å². The number of rotatable bonds is 10. The molecule has 0 bridgehead atoms. The van der Waals surface area contributed by atoms with E-state index in [1.54, 1.807) is 4.90 Å². The maximum atomic E-state index is 15.8. The number of carbonyl (C=O) groups excluding carboxylic acids is 1. The normalized spacial score (nSPS) is 16.9. The molecule has 3 aromatic rings. The van der Waals surface area contributed by atoms with E-state index >= 15 is 4.39 Å². The van der Waals surface area contributed by atoms with Gasteiger partial charge in [0.1, 0.15) is 5.82 Å². The van der Waals surface area contributed by atoms with Crippen LogP contribution >= 0.6 is 0 Å². The minimum atomic E-state index is -4.91. The number of morpholine rings is 1. The second-order valence-electron chi connectivity index (χ2n) is 13.2. The van der Waals surface area contributed by atoms with E-state index in [1.807, 2.05) is 4.90 Å². The zero-order valence-electron chi connectivity index (χ0n) is 27.7. The molecule has 4 heterocycles. The summed E-state index contributed by atoms with van der Waals surface area (Å²) in [6.45, 7) is 9.20. The highest BCUT2D eigenvalue weighted by Crippen LogP contribution is 2.38. The van der Waals surface area contributed by atoms with Crippen molar-refractivity contribution in [1.82, 2.24) is 19.9 Å². The number of alkyl halides is 3. The van der Waals surface area contributed by atoms with Gasteiger partial charge in [-0.25, -0.2) is 24.1 Å². The van der Waals surface area contributed by atoms with Crippen molar-refractivity contribution in [1.29, 1.82) is 0 Å². The number of amides is 2. The van der Waals surface area contributed by atoms with Gasteiger partial charge in [-0.15, -0.1) is 0 Å². The molecule has 2 saturated heterocycles. The molecule has 0 spiro atoms. The predicted octanol–water partition coefficient (Wildman–Crippen LogP) is 5.69. The lowest BCUT2D eigenvalue weighted by atomic mass is 10.0. The third kappa shape index (κ3) is 8.75. The number of likely N-dealkylation sites (N-methyl/N-ethyl adjacent to an activating group) is 1. The summed E-state index contributed by atoms with van der Waals surface area (Å²) in [5.41, 5.74) is -1.51. The molecular weight excluding hydrogens is 666 g/mol. The first-order valence-electron chi connectivity index (χ1n) is 15.8. The number of nitrogens with zero attached hydrogens (tertiary/aromatic N) is 6. The van der Waals surface area contributed by atoms with E-state index in [4.69, 9.17) is 9.47 Å². The Balaban J connectivity index is 1.48. The van der Waals surface area contributed by atoms with Gasteiger partial charge in [0.15, 0.2) is 0 Å². The molecule has 0 radical (unpaired) electrons. The third-order valence-corrected chi connectivity index (χ3v) is 10.2. The average molecular weight is 706 g/mol. The van der Waals surface area contributed by atoms with Crippen LogP contribution in [-0.2, 0) is 10.9 Å². The smallest absolute Gasteiger partial charge is 0.417 e. The van der Waals surface area contributed by atoms with Crippen LogP contribution in [0.4, 0.5) is 39.7 Å². The van der Waals surface area contributed by atoms with Crippen molar-refractivity contribution in [2.45, 2.75) is 44.3 Å². The van der Waals surface area contributed by atoms with Crippen molar-refractivity contribution < 1.29 is 41.7 Å². The first kappa shape index (κ1) is 35.8. The molecule has 0 aliphatic carbocycles. The van der Waals surface area contributed by atoms with E-state index in [-0.39, 0.29) is 41.5 Å². The van der Waals surface area contributed by atoms with Gasteiger partial charge in [-0.2, -0.15) is 13.2 Å². The third-order valence-electron chi connectivity index (χ3n) is 8.46. The van der Waals surface area contributed by atoms with Crippen molar-refractivity contribution in [3.63, 3.8) is 0 Å². The zero-order valence-corrected chi connectivity index (χ0v) is 28.7. The SMILES string of the molecule is CN(C(=O)O)C1CCN(c2cc(F)c(-c3cnc(N4CCOCC4)nc3)cc2NC(=O)c2cnc(OCC[Si](C)(C)C)cc2C(F)(F)F)C1. The Morgan fingerprint density at radius 1 is 1.06 bits per heavy atom. The van der Waals surface area contributed by atoms with E-state index in [0.717, 1.165) is 11.1 Å². The zero-order chi connectivity index (χ0) is 35.5. The number of nitrogens with one attached hydrogen (secondary N) is 1. The molecule has 12 nitrogen and oxygen atoms in total. The fourth-order valence-corrected chi connectivity index (χ4v) is 6.26. The molecule has 2 aliphatic rings. The summed E-state index contributed by atoms with van der Waals surface area (Å²) in [5.74, 6) is -1.63. The highest BCUT2D eigenvalue weighted by atomic mass is 28.3. The second-order valence-corrected chi connectivity index (χ2v) is 18.8. The lowest BCUT2D eigenvalue weighted by Crippen LogP contribution is -2.38. The molecular formula is C32H39F4N7O5Si. The number of benzene rings is 1. The molecule has 1 atom stereocenters. The Bertz CT molecular complexity index is 1670. The van der Waals surface area contributed by atoms with Gasteiger partial charge in [-0.3, -0.25) is 4.79 Å². The summed E-state index contributed by atoms with van der Waals surface area (Å²) in [4.78, 5) is 42.7. The van der Waals surface area contributed by atoms with E-state index in [0.29, 0.717) is 57.3 Å². The van der Waals surface area contributed by atoms with Gasteiger partial charge in [0, 0.05) is 77.1 Å². The number of halogens is 4. The van der Waals surface area contributed by atoms with Crippen molar-refractivity contribution in [3.05, 3.63) is 53.7 Å². The van der Waals surface area contributed by atoms with Crippen molar-refractivity contribution in [2.75, 3.05) is 68.2 Å². The number of hydrogen-bond donors (Lipinski definition) is 2. The first-order valence-corrected chi connectivity index (χ1v) is 19.5. The maximum Gasteiger partial charge on any atom is 0.417 e. The number of anilines is 3. The lowest BCUT2D eigenvalue weighted by molar-refractivity contribution is -0.138. The van der Waals surface area contributed by atoms with E-state index in [9.17, 15) is 27.9 Å². The Kier molecular flexibility index (Phi) is 10.6. The summed E-state index contributed by atoms with van der Waals surface area (Å²) in [5, 5.41) is 12.0. The molecule has 2 amide bonds. The van der Waals surface area contributed by atoms with Gasteiger partial charge in [0.25, 0.3) is 5.91 Å². The van der Waals surface area contributed by atoms with E-state index in [1.165, 1.54) is 31.6 Å². The Labute approximate surface area is 282 Å². The molecule has 2 fully saturated rings. The fraction of sp³-hybridized carbons (Fsp3) is 0.469. The molecule has 2 aromatic heterocycles. The quantitative estimate of drug-likeness (QED) is 0.200. The Morgan fingerprint density at radius 2 is 1.76 bits per heavy atom. The number of pyridine rings is 1. The van der Waals surface area contributed by atoms with Gasteiger partial charge in [-0.05, 0) is 24.6 Å². The van der Waals surface area contributed by atoms with Crippen LogP contribution in [0, 0.1) is 5.82 Å². The fourth-order valence-electron chi connectivity index (χ4n) is 5.55. The van der Waals surface area contributed by atoms with Crippen molar-refractivity contribution in [3.8, 4) is 17.0 Å². The first-order chi connectivity index (χ1) is 23.1. The van der Waals surface area contributed by atoms with Crippen LogP contribution in [0.1, 0.15) is 22.3 Å². The van der Waals surface area contributed by atoms with E-state index < -0.39 is 49.2 Å². The van der Waals surface area contributed by atoms with Crippen LogP contribution in [0.2, 0.25) is 25.7 Å². The Hall–Kier alpha value is -4.51. The Morgan fingerprint density at radius 3 is 2.39 bits per heavy atom. The number of carboxylic acid groups (broad SMARTS) is 1. The topological polar surface area (TPSA) is 133 Å².